The zero-order chi connectivity index (χ0) is 62.8. The Hall–Kier alpha value is -7.32. The number of piperazine rings is 1. The summed E-state index contributed by atoms with van der Waals surface area (Å²) in [4.78, 5) is 43.8. The van der Waals surface area contributed by atoms with Crippen molar-refractivity contribution in [2.24, 2.45) is 7.05 Å². The van der Waals surface area contributed by atoms with Gasteiger partial charge in [0, 0.05) is 146 Å². The van der Waals surface area contributed by atoms with Gasteiger partial charge in [0.25, 0.3) is 0 Å². The molecule has 19 heteroatoms. The van der Waals surface area contributed by atoms with Gasteiger partial charge < -0.3 is 59.6 Å². The molecule has 0 bridgehead atoms. The molecule has 7 aromatic rings. The fourth-order valence-electron chi connectivity index (χ4n) is 9.94. The molecule has 2 saturated heterocycles. The first-order chi connectivity index (χ1) is 42.0. The van der Waals surface area contributed by atoms with Crippen LogP contribution in [0, 0.1) is 0 Å². The summed E-state index contributed by atoms with van der Waals surface area (Å²) in [6, 6.07) is 20.1. The number of ether oxygens (including phenoxy) is 2. The number of benzene rings is 2. The summed E-state index contributed by atoms with van der Waals surface area (Å²) >= 11 is 0. The highest BCUT2D eigenvalue weighted by Gasteiger charge is 2.21. The summed E-state index contributed by atoms with van der Waals surface area (Å²) in [5.74, 6) is 3.32. The summed E-state index contributed by atoms with van der Waals surface area (Å²) in [5.41, 5.74) is 8.16. The number of methoxy groups -OCH3 is 1. The Bertz CT molecular complexity index is 3030. The third kappa shape index (κ3) is 21.3. The number of fused-ring (bicyclic) bond motifs is 2. The number of aryl methyl sites for hydroxylation is 2. The first-order valence-corrected chi connectivity index (χ1v) is 31.7. The number of likely N-dealkylation sites (N-methyl/N-ethyl adjacent to an activating group) is 2. The van der Waals surface area contributed by atoms with Gasteiger partial charge in [0.15, 0.2) is 5.65 Å². The smallest absolute Gasteiger partial charge is 0.247 e. The Morgan fingerprint density at radius 2 is 1.50 bits per heavy atom. The quantitative estimate of drug-likeness (QED) is 0.0331. The summed E-state index contributed by atoms with van der Waals surface area (Å²) in [6.45, 7) is 36.3. The van der Waals surface area contributed by atoms with Gasteiger partial charge in [-0.25, -0.2) is 19.9 Å². The standard InChI is InChI=1S/C56H73N15O3.C3H8.C2H6O.3C2H6.H2/c1-7-42-39-60-71-51(36-52(64-55(42)71)70-25-12-9-13-26-70)58-37-41-18-19-54(59-38-41)74-33-15-24-69-31-29-68(30-32-69)23-14-22-65(3)27-28-66(4)49-35-50(73-6)47(34-46(49)61-53(72)8-2)63-56-57-21-20-45(62-56)44-40-67(5)48-17-11-10-16-43(44)48;1-3-2;1-2-3;3*1-2;/h8,10-11,16-21,34-36,38-40,58H,2,7,9,12-15,22-33,37H2,1,3-6H3,(H,61,72)(H,57,62,63);3H2,1-2H3;3H,2H2,1H3;3*1-2H3;1H. The van der Waals surface area contributed by atoms with Crippen LogP contribution in [0.1, 0.15) is 120 Å². The molecule has 1 amide bonds. The molecule has 0 radical (unpaired) electrons. The van der Waals surface area contributed by atoms with E-state index in [0.29, 0.717) is 42.1 Å². The predicted octanol–water partition coefficient (Wildman–Crippen LogP) is 12.7. The number of rotatable bonds is 24. The van der Waals surface area contributed by atoms with Crippen molar-refractivity contribution in [2.45, 2.75) is 121 Å². The Balaban J connectivity index is 0.00000142. The Morgan fingerprint density at radius 3 is 2.15 bits per heavy atom. The van der Waals surface area contributed by atoms with Crippen molar-refractivity contribution in [3.05, 3.63) is 109 Å². The number of carbonyl (C=O) groups is 1. The molecule has 2 aliphatic heterocycles. The highest BCUT2D eigenvalue weighted by molar-refractivity contribution is 6.02. The first kappa shape index (κ1) is 71.2. The summed E-state index contributed by atoms with van der Waals surface area (Å²) in [6.07, 6.45) is 16.8. The highest BCUT2D eigenvalue weighted by Crippen LogP contribution is 2.38. The molecule has 7 heterocycles. The zero-order valence-electron chi connectivity index (χ0n) is 54.8. The molecule has 0 atom stereocenters. The first-order valence-electron chi connectivity index (χ1n) is 31.7. The highest BCUT2D eigenvalue weighted by atomic mass is 16.5. The van der Waals surface area contributed by atoms with Gasteiger partial charge in [0.05, 0.1) is 42.7 Å². The van der Waals surface area contributed by atoms with Crippen LogP contribution >= 0.6 is 0 Å². The number of hydrogen-bond acceptors (Lipinski definition) is 16. The summed E-state index contributed by atoms with van der Waals surface area (Å²) in [7, 11) is 7.87. The Labute approximate surface area is 516 Å². The fraction of sp³-hybridized carbons (Fsp3) is 0.522. The van der Waals surface area contributed by atoms with E-state index in [2.05, 4.69) is 125 Å². The lowest BCUT2D eigenvalue weighted by molar-refractivity contribution is -0.111. The van der Waals surface area contributed by atoms with Crippen LogP contribution in [0.15, 0.2) is 98.1 Å². The third-order valence-corrected chi connectivity index (χ3v) is 14.3. The molecule has 0 spiro atoms. The summed E-state index contributed by atoms with van der Waals surface area (Å²) < 4.78 is 16.0. The van der Waals surface area contributed by atoms with E-state index in [1.807, 2.05) is 109 Å². The van der Waals surface area contributed by atoms with Gasteiger partial charge in [-0.15, -0.1) is 0 Å². The molecule has 2 fully saturated rings. The lowest BCUT2D eigenvalue weighted by Crippen LogP contribution is -2.47. The summed E-state index contributed by atoms with van der Waals surface area (Å²) in [5, 5.41) is 23.3. The minimum Gasteiger partial charge on any atom is -0.494 e. The third-order valence-electron chi connectivity index (χ3n) is 14.3. The molecule has 2 aromatic carbocycles. The minimum atomic E-state index is -0.303. The SMILES string of the molecule is C=CC(=O)Nc1cc(Nc2nccc(-c3cn(C)c4ccccc34)n2)c(OC)cc1N(C)CCN(C)CCCN1CCN(CCCOc2ccc(CNc3cc(N4CCCCC4)nc4c(CC)cnn34)cn2)CC1.CC.CC.CC.CCC.CCO.[HH]. The topological polar surface area (TPSA) is 182 Å². The maximum absolute atomic E-state index is 12.7. The van der Waals surface area contributed by atoms with Crippen molar-refractivity contribution >= 4 is 57.1 Å². The molecule has 9 rings (SSSR count). The zero-order valence-corrected chi connectivity index (χ0v) is 54.8. The van der Waals surface area contributed by atoms with Crippen LogP contribution in [0.3, 0.4) is 0 Å². The van der Waals surface area contributed by atoms with E-state index in [1.165, 1.54) is 31.8 Å². The van der Waals surface area contributed by atoms with Gasteiger partial charge in [-0.05, 0) is 95.4 Å². The Kier molecular flexibility index (Phi) is 32.6. The molecule has 86 heavy (non-hydrogen) atoms. The average Bonchev–Trinajstić information content (AvgIpc) is 2.06. The van der Waals surface area contributed by atoms with Crippen LogP contribution in [-0.2, 0) is 24.8 Å². The maximum atomic E-state index is 12.7. The van der Waals surface area contributed by atoms with E-state index >= 15 is 0 Å². The van der Waals surface area contributed by atoms with Crippen LogP contribution in [-0.4, -0.2) is 166 Å². The van der Waals surface area contributed by atoms with Crippen LogP contribution < -0.4 is 35.2 Å². The van der Waals surface area contributed by atoms with Crippen molar-refractivity contribution in [1.82, 2.24) is 48.8 Å². The number of nitrogens with zero attached hydrogens (tertiary/aromatic N) is 12. The van der Waals surface area contributed by atoms with Crippen LogP contribution in [0.25, 0.3) is 27.8 Å². The lowest BCUT2D eigenvalue weighted by atomic mass is 10.1. The molecule has 0 saturated carbocycles. The van der Waals surface area contributed by atoms with Crippen molar-refractivity contribution in [3.63, 3.8) is 0 Å². The number of pyridine rings is 1. The van der Waals surface area contributed by atoms with Crippen LogP contribution in [0.4, 0.5) is 34.6 Å². The molecular weight excluding hydrogens is 1080 g/mol. The van der Waals surface area contributed by atoms with E-state index in [-0.39, 0.29) is 13.9 Å². The molecule has 5 aromatic heterocycles. The minimum absolute atomic E-state index is 0. The van der Waals surface area contributed by atoms with Gasteiger partial charge in [-0.1, -0.05) is 99.6 Å². The maximum Gasteiger partial charge on any atom is 0.247 e. The number of hydrogen-bond donors (Lipinski definition) is 4. The van der Waals surface area contributed by atoms with Gasteiger partial charge in [0.2, 0.25) is 17.7 Å². The Morgan fingerprint density at radius 1 is 0.814 bits per heavy atom. The van der Waals surface area contributed by atoms with Crippen molar-refractivity contribution in [1.29, 1.82) is 0 Å². The molecular formula is C67H107N15O4. The number of aromatic nitrogens is 7. The van der Waals surface area contributed by atoms with E-state index in [1.54, 1.807) is 20.2 Å². The number of carbonyl (C=O) groups excluding carboxylic acids is 1. The largest absolute Gasteiger partial charge is 0.494 e. The average molecular weight is 1190 g/mol. The van der Waals surface area contributed by atoms with E-state index in [0.717, 1.165) is 148 Å². The fourth-order valence-corrected chi connectivity index (χ4v) is 9.94. The number of aliphatic hydroxyl groups excluding tert-OH is 1. The van der Waals surface area contributed by atoms with Crippen molar-refractivity contribution in [2.75, 3.05) is 132 Å². The second-order valence-electron chi connectivity index (χ2n) is 20.5. The number of para-hydroxylation sites is 1. The van der Waals surface area contributed by atoms with Gasteiger partial charge in [-0.3, -0.25) is 4.79 Å². The van der Waals surface area contributed by atoms with Gasteiger partial charge >= 0.3 is 0 Å². The number of nitrogens with one attached hydrogen (secondary N) is 3. The van der Waals surface area contributed by atoms with Crippen molar-refractivity contribution < 1.29 is 20.8 Å². The van der Waals surface area contributed by atoms with E-state index in [9.17, 15) is 4.79 Å². The lowest BCUT2D eigenvalue weighted by Gasteiger charge is -2.35. The van der Waals surface area contributed by atoms with Crippen LogP contribution in [0.2, 0.25) is 0 Å². The number of anilines is 6. The second-order valence-corrected chi connectivity index (χ2v) is 20.5. The predicted molar refractivity (Wildman–Crippen MR) is 362 cm³/mol. The molecule has 19 nitrogen and oxygen atoms in total. The number of amides is 1. The second kappa shape index (κ2) is 39.4. The number of piperidine rings is 1. The van der Waals surface area contributed by atoms with Crippen molar-refractivity contribution in [3.8, 4) is 22.9 Å². The monoisotopic (exact) mass is 1190 g/mol. The van der Waals surface area contributed by atoms with E-state index < -0.39 is 0 Å². The molecule has 2 aliphatic rings. The molecule has 0 aliphatic carbocycles. The normalized spacial score (nSPS) is 13.0. The molecule has 4 N–H and O–H groups in total. The molecule has 474 valence electrons. The van der Waals surface area contributed by atoms with Gasteiger partial charge in [0.1, 0.15) is 17.4 Å². The van der Waals surface area contributed by atoms with E-state index in [4.69, 9.17) is 24.5 Å². The van der Waals surface area contributed by atoms with Crippen LogP contribution in [0.5, 0.6) is 11.6 Å². The van der Waals surface area contributed by atoms with Gasteiger partial charge in [-0.2, -0.15) is 9.61 Å². The number of aliphatic hydroxyl groups is 1. The molecule has 0 unspecified atom stereocenters.